The summed E-state index contributed by atoms with van der Waals surface area (Å²) in [5.41, 5.74) is 5.25. The zero-order chi connectivity index (χ0) is 21.3. The van der Waals surface area contributed by atoms with E-state index in [2.05, 4.69) is 23.3 Å². The lowest BCUT2D eigenvalue weighted by Crippen LogP contribution is -2.45. The highest BCUT2D eigenvalue weighted by molar-refractivity contribution is 8.13. The van der Waals surface area contributed by atoms with E-state index >= 15 is 0 Å². The monoisotopic (exact) mass is 427 g/mol. The first-order valence-corrected chi connectivity index (χ1v) is 9.69. The second-order valence-electron chi connectivity index (χ2n) is 5.60. The van der Waals surface area contributed by atoms with Gasteiger partial charge in [-0.2, -0.15) is 12.6 Å². The van der Waals surface area contributed by atoms with Crippen molar-refractivity contribution in [2.45, 2.75) is 25.9 Å². The fourth-order valence-corrected chi connectivity index (χ4v) is 3.32. The number of nitrogens with two attached hydrogens (primary N) is 1. The van der Waals surface area contributed by atoms with Crippen LogP contribution in [0.5, 0.6) is 5.75 Å². The SMILES string of the molecule is CC(=O)NC(CSC(=O)C(CS)NC(C)=O)C(=O)Oc1ccccc1C(N)=O. The van der Waals surface area contributed by atoms with Gasteiger partial charge >= 0.3 is 5.97 Å². The summed E-state index contributed by atoms with van der Waals surface area (Å²) in [5.74, 6) is -2.67. The molecule has 28 heavy (non-hydrogen) atoms. The van der Waals surface area contributed by atoms with Gasteiger partial charge in [-0.3, -0.25) is 19.2 Å². The predicted molar refractivity (Wildman–Crippen MR) is 107 cm³/mol. The molecule has 0 aliphatic carbocycles. The molecule has 0 saturated heterocycles. The molecule has 1 aromatic carbocycles. The normalized spacial score (nSPS) is 12.4. The Morgan fingerprint density at radius 2 is 1.64 bits per heavy atom. The number of thiol groups is 1. The van der Waals surface area contributed by atoms with E-state index in [1.165, 1.54) is 26.0 Å². The molecule has 0 radical (unpaired) electrons. The molecule has 9 nitrogen and oxygen atoms in total. The van der Waals surface area contributed by atoms with Crippen molar-refractivity contribution in [3.8, 4) is 5.75 Å². The van der Waals surface area contributed by atoms with Crippen LogP contribution in [0.25, 0.3) is 0 Å². The van der Waals surface area contributed by atoms with Crippen LogP contribution in [-0.4, -0.2) is 52.4 Å². The molecule has 1 rings (SSSR count). The van der Waals surface area contributed by atoms with E-state index in [0.29, 0.717) is 0 Å². The number of hydrogen-bond acceptors (Lipinski definition) is 8. The first kappa shape index (κ1) is 23.5. The molecule has 2 atom stereocenters. The van der Waals surface area contributed by atoms with Crippen molar-refractivity contribution in [2.75, 3.05) is 11.5 Å². The Bertz CT molecular complexity index is 771. The standard InChI is InChI=1S/C17H21N3O6S2/c1-9(21)19-12(7-27)17(25)28-8-13(20-10(2)22)16(24)26-14-6-4-3-5-11(14)15(18)23/h3-6,12-13,27H,7-8H2,1-2H3,(H2,18,23)(H,19,21)(H,20,22). The van der Waals surface area contributed by atoms with Crippen LogP contribution in [0.1, 0.15) is 24.2 Å². The molecule has 3 amide bonds. The van der Waals surface area contributed by atoms with Crippen LogP contribution < -0.4 is 21.1 Å². The van der Waals surface area contributed by atoms with Gasteiger partial charge < -0.3 is 21.1 Å². The van der Waals surface area contributed by atoms with E-state index in [1.54, 1.807) is 12.1 Å². The Kier molecular flexibility index (Phi) is 9.52. The zero-order valence-corrected chi connectivity index (χ0v) is 17.0. The number of hydrogen-bond donors (Lipinski definition) is 4. The predicted octanol–water partition coefficient (Wildman–Crippen LogP) is -0.110. The number of ether oxygens (including phenoxy) is 1. The van der Waals surface area contributed by atoms with Crippen molar-refractivity contribution >= 4 is 53.2 Å². The summed E-state index contributed by atoms with van der Waals surface area (Å²) in [6.45, 7) is 2.47. The van der Waals surface area contributed by atoms with Gasteiger partial charge in [0.05, 0.1) is 5.56 Å². The molecule has 1 aromatic rings. The number of nitrogens with one attached hydrogen (secondary N) is 2. The average Bonchev–Trinajstić information content (AvgIpc) is 2.62. The van der Waals surface area contributed by atoms with Gasteiger partial charge in [-0.25, -0.2) is 4.79 Å². The number of para-hydroxylation sites is 1. The van der Waals surface area contributed by atoms with Crippen LogP contribution in [0, 0.1) is 0 Å². The average molecular weight is 428 g/mol. The lowest BCUT2D eigenvalue weighted by molar-refractivity contribution is -0.138. The van der Waals surface area contributed by atoms with Crippen molar-refractivity contribution in [1.29, 1.82) is 0 Å². The fraction of sp³-hybridized carbons (Fsp3) is 0.353. The van der Waals surface area contributed by atoms with Crippen LogP contribution in [0.2, 0.25) is 0 Å². The lowest BCUT2D eigenvalue weighted by Gasteiger charge is -2.18. The molecular formula is C17H21N3O6S2. The number of carbonyl (C=O) groups excluding carboxylic acids is 5. The molecule has 4 N–H and O–H groups in total. The van der Waals surface area contributed by atoms with Crippen molar-refractivity contribution in [3.05, 3.63) is 29.8 Å². The quantitative estimate of drug-likeness (QED) is 0.244. The molecule has 0 bridgehead atoms. The van der Waals surface area contributed by atoms with Gasteiger partial charge in [0, 0.05) is 25.4 Å². The smallest absolute Gasteiger partial charge is 0.334 e. The van der Waals surface area contributed by atoms with E-state index in [4.69, 9.17) is 10.5 Å². The third-order valence-corrected chi connectivity index (χ3v) is 4.70. The summed E-state index contributed by atoms with van der Waals surface area (Å²) in [4.78, 5) is 58.6. The van der Waals surface area contributed by atoms with Crippen LogP contribution in [0.3, 0.4) is 0 Å². The highest BCUT2D eigenvalue weighted by atomic mass is 32.2. The molecule has 0 aromatic heterocycles. The highest BCUT2D eigenvalue weighted by Gasteiger charge is 2.26. The van der Waals surface area contributed by atoms with Crippen molar-refractivity contribution in [3.63, 3.8) is 0 Å². The Hall–Kier alpha value is -2.53. The summed E-state index contributed by atoms with van der Waals surface area (Å²) in [6, 6.07) is 3.87. The van der Waals surface area contributed by atoms with Crippen LogP contribution in [0.15, 0.2) is 24.3 Å². The number of esters is 1. The maximum Gasteiger partial charge on any atom is 0.334 e. The minimum Gasteiger partial charge on any atom is -0.424 e. The molecular weight excluding hydrogens is 406 g/mol. The Morgan fingerprint density at radius 1 is 1.07 bits per heavy atom. The molecule has 0 heterocycles. The minimum atomic E-state index is -1.16. The molecule has 11 heteroatoms. The molecule has 0 saturated carbocycles. The maximum absolute atomic E-state index is 12.5. The topological polar surface area (TPSA) is 145 Å². The Morgan fingerprint density at radius 3 is 2.18 bits per heavy atom. The molecule has 0 aliphatic rings. The van der Waals surface area contributed by atoms with Gasteiger partial charge in [0.25, 0.3) is 5.91 Å². The second-order valence-corrected chi connectivity index (χ2v) is 6.99. The molecule has 152 valence electrons. The Balaban J connectivity index is 2.86. The first-order valence-electron chi connectivity index (χ1n) is 8.08. The highest BCUT2D eigenvalue weighted by Crippen LogP contribution is 2.19. The summed E-state index contributed by atoms with van der Waals surface area (Å²) in [7, 11) is 0. The number of rotatable bonds is 9. The zero-order valence-electron chi connectivity index (χ0n) is 15.3. The lowest BCUT2D eigenvalue weighted by atomic mass is 10.2. The number of thioether (sulfide) groups is 1. The summed E-state index contributed by atoms with van der Waals surface area (Å²) in [5, 5.41) is 4.41. The number of carbonyl (C=O) groups is 5. The molecule has 0 fully saturated rings. The van der Waals surface area contributed by atoms with Crippen molar-refractivity contribution in [1.82, 2.24) is 10.6 Å². The number of primary amides is 1. The molecule has 2 unspecified atom stereocenters. The fourth-order valence-electron chi connectivity index (χ4n) is 2.04. The minimum absolute atomic E-state index is 0.00181. The van der Waals surface area contributed by atoms with Gasteiger partial charge in [0.1, 0.15) is 17.8 Å². The van der Waals surface area contributed by atoms with E-state index in [0.717, 1.165) is 11.8 Å². The van der Waals surface area contributed by atoms with E-state index < -0.39 is 40.9 Å². The van der Waals surface area contributed by atoms with E-state index in [-0.39, 0.29) is 22.8 Å². The number of benzene rings is 1. The van der Waals surface area contributed by atoms with Gasteiger partial charge in [0.2, 0.25) is 16.9 Å². The summed E-state index contributed by atoms with van der Waals surface area (Å²) < 4.78 is 5.19. The maximum atomic E-state index is 12.5. The van der Waals surface area contributed by atoms with Crippen LogP contribution in [0.4, 0.5) is 0 Å². The van der Waals surface area contributed by atoms with Crippen molar-refractivity contribution < 1.29 is 28.7 Å². The Labute approximate surface area is 171 Å². The van der Waals surface area contributed by atoms with E-state index in [1.807, 2.05) is 0 Å². The molecule has 0 aliphatic heterocycles. The third kappa shape index (κ3) is 7.61. The van der Waals surface area contributed by atoms with Gasteiger partial charge in [-0.05, 0) is 12.1 Å². The largest absolute Gasteiger partial charge is 0.424 e. The third-order valence-electron chi connectivity index (χ3n) is 3.26. The van der Waals surface area contributed by atoms with Gasteiger partial charge in [-0.15, -0.1) is 0 Å². The second kappa shape index (κ2) is 11.3. The van der Waals surface area contributed by atoms with Crippen LogP contribution >= 0.6 is 24.4 Å². The number of amides is 3. The van der Waals surface area contributed by atoms with Gasteiger partial charge in [0.15, 0.2) is 0 Å². The van der Waals surface area contributed by atoms with E-state index in [9.17, 15) is 24.0 Å². The summed E-state index contributed by atoms with van der Waals surface area (Å²) >= 11 is 4.75. The van der Waals surface area contributed by atoms with Gasteiger partial charge in [-0.1, -0.05) is 23.9 Å². The summed E-state index contributed by atoms with van der Waals surface area (Å²) in [6.07, 6.45) is 0. The van der Waals surface area contributed by atoms with Crippen molar-refractivity contribution in [2.24, 2.45) is 5.73 Å². The first-order chi connectivity index (χ1) is 13.1. The van der Waals surface area contributed by atoms with Crippen LogP contribution in [-0.2, 0) is 19.2 Å². The molecule has 0 spiro atoms.